The fraction of sp³-hybridized carbons (Fsp3) is 0.412. The molecule has 0 saturated carbocycles. The first kappa shape index (κ1) is 13.9. The first-order chi connectivity index (χ1) is 10.0. The van der Waals surface area contributed by atoms with Crippen molar-refractivity contribution < 1.29 is 4.79 Å². The van der Waals surface area contributed by atoms with Gasteiger partial charge in [0.2, 0.25) is 5.91 Å². The monoisotopic (exact) mass is 283 g/mol. The van der Waals surface area contributed by atoms with Crippen LogP contribution in [-0.4, -0.2) is 15.7 Å². The molecule has 0 bridgehead atoms. The Labute approximate surface area is 125 Å². The lowest BCUT2D eigenvalue weighted by molar-refractivity contribution is -0.115. The Morgan fingerprint density at radius 2 is 2.14 bits per heavy atom. The second-order valence-corrected chi connectivity index (χ2v) is 5.91. The molecule has 0 unspecified atom stereocenters. The van der Waals surface area contributed by atoms with Crippen LogP contribution in [0.5, 0.6) is 0 Å². The third-order valence-electron chi connectivity index (χ3n) is 4.18. The van der Waals surface area contributed by atoms with Gasteiger partial charge in [0.15, 0.2) is 0 Å². The fourth-order valence-electron chi connectivity index (χ4n) is 3.02. The number of nitrogens with one attached hydrogen (secondary N) is 1. The van der Waals surface area contributed by atoms with E-state index in [0.717, 1.165) is 41.9 Å². The molecule has 0 spiro atoms. The summed E-state index contributed by atoms with van der Waals surface area (Å²) in [5, 5.41) is 7.53. The van der Waals surface area contributed by atoms with Crippen LogP contribution in [0.1, 0.15) is 34.4 Å². The molecule has 1 aliphatic rings. The number of hydrogen-bond acceptors (Lipinski definition) is 2. The fourth-order valence-corrected chi connectivity index (χ4v) is 3.02. The molecule has 0 atom stereocenters. The number of aromatic nitrogens is 2. The second kappa shape index (κ2) is 5.35. The second-order valence-electron chi connectivity index (χ2n) is 5.91. The van der Waals surface area contributed by atoms with Crippen LogP contribution in [0.2, 0.25) is 0 Å². The molecule has 0 saturated heterocycles. The molecule has 110 valence electrons. The maximum Gasteiger partial charge on any atom is 0.229 e. The number of benzene rings is 1. The van der Waals surface area contributed by atoms with Gasteiger partial charge in [-0.2, -0.15) is 5.10 Å². The normalized spacial score (nSPS) is 13.3. The van der Waals surface area contributed by atoms with Gasteiger partial charge >= 0.3 is 0 Å². The minimum absolute atomic E-state index is 0.0291. The highest BCUT2D eigenvalue weighted by atomic mass is 16.1. The van der Waals surface area contributed by atoms with Crippen LogP contribution in [0.25, 0.3) is 0 Å². The summed E-state index contributed by atoms with van der Waals surface area (Å²) in [6, 6.07) is 6.23. The number of anilines is 1. The largest absolute Gasteiger partial charge is 0.310 e. The molecule has 4 heteroatoms. The third kappa shape index (κ3) is 2.71. The first-order valence-corrected chi connectivity index (χ1v) is 7.45. The van der Waals surface area contributed by atoms with E-state index in [1.54, 1.807) is 4.68 Å². The number of aryl methyl sites for hydroxylation is 4. The maximum atomic E-state index is 12.3. The Morgan fingerprint density at radius 1 is 1.33 bits per heavy atom. The average Bonchev–Trinajstić information content (AvgIpc) is 2.97. The van der Waals surface area contributed by atoms with Crippen molar-refractivity contribution in [3.63, 3.8) is 0 Å². The van der Waals surface area contributed by atoms with Crippen LogP contribution in [0.3, 0.4) is 0 Å². The number of carbonyl (C=O) groups excluding carboxylic acids is 1. The average molecular weight is 283 g/mol. The molecule has 1 amide bonds. The Bertz CT molecular complexity index is 700. The van der Waals surface area contributed by atoms with Gasteiger partial charge in [-0.15, -0.1) is 0 Å². The third-order valence-corrected chi connectivity index (χ3v) is 4.18. The van der Waals surface area contributed by atoms with E-state index in [9.17, 15) is 4.79 Å². The summed E-state index contributed by atoms with van der Waals surface area (Å²) in [5.74, 6) is 0.902. The zero-order chi connectivity index (χ0) is 15.0. The number of carbonyl (C=O) groups is 1. The summed E-state index contributed by atoms with van der Waals surface area (Å²) in [7, 11) is 1.89. The predicted molar refractivity (Wildman–Crippen MR) is 83.5 cm³/mol. The van der Waals surface area contributed by atoms with Crippen LogP contribution in [0.4, 0.5) is 5.82 Å². The van der Waals surface area contributed by atoms with Gasteiger partial charge in [0.1, 0.15) is 5.82 Å². The Kier molecular flexibility index (Phi) is 3.53. The Morgan fingerprint density at radius 3 is 2.95 bits per heavy atom. The van der Waals surface area contributed by atoms with Crippen molar-refractivity contribution >= 4 is 11.7 Å². The number of fused-ring (bicyclic) bond motifs is 1. The zero-order valence-electron chi connectivity index (χ0n) is 12.9. The van der Waals surface area contributed by atoms with Crippen molar-refractivity contribution in [2.24, 2.45) is 7.05 Å². The number of rotatable bonds is 3. The van der Waals surface area contributed by atoms with E-state index in [1.165, 1.54) is 11.1 Å². The lowest BCUT2D eigenvalue weighted by atomic mass is 10.0. The smallest absolute Gasteiger partial charge is 0.229 e. The van der Waals surface area contributed by atoms with E-state index in [0.29, 0.717) is 6.42 Å². The molecule has 0 aliphatic heterocycles. The number of nitrogens with zero attached hydrogens (tertiary/aromatic N) is 2. The van der Waals surface area contributed by atoms with Crippen LogP contribution in [0, 0.1) is 13.8 Å². The van der Waals surface area contributed by atoms with Crippen molar-refractivity contribution in [3.05, 3.63) is 46.1 Å². The molecular formula is C17H21N3O. The van der Waals surface area contributed by atoms with Gasteiger partial charge in [0.25, 0.3) is 0 Å². The van der Waals surface area contributed by atoms with Crippen LogP contribution >= 0.6 is 0 Å². The van der Waals surface area contributed by atoms with Gasteiger partial charge in [-0.05, 0) is 44.2 Å². The molecule has 1 N–H and O–H groups in total. The van der Waals surface area contributed by atoms with Crippen molar-refractivity contribution in [2.75, 3.05) is 5.32 Å². The maximum absolute atomic E-state index is 12.3. The molecule has 1 aromatic carbocycles. The van der Waals surface area contributed by atoms with Gasteiger partial charge in [-0.25, -0.2) is 0 Å². The molecule has 21 heavy (non-hydrogen) atoms. The van der Waals surface area contributed by atoms with E-state index in [-0.39, 0.29) is 5.91 Å². The molecule has 0 fully saturated rings. The molecule has 1 aliphatic carbocycles. The van der Waals surface area contributed by atoms with Crippen molar-refractivity contribution in [1.82, 2.24) is 9.78 Å². The summed E-state index contributed by atoms with van der Waals surface area (Å²) < 4.78 is 1.80. The van der Waals surface area contributed by atoms with Crippen LogP contribution < -0.4 is 5.32 Å². The summed E-state index contributed by atoms with van der Waals surface area (Å²) in [6.07, 6.45) is 3.59. The lowest BCUT2D eigenvalue weighted by Crippen LogP contribution is -2.18. The van der Waals surface area contributed by atoms with Crippen LogP contribution in [0.15, 0.2) is 18.2 Å². The van der Waals surface area contributed by atoms with E-state index >= 15 is 0 Å². The SMILES string of the molecule is Cc1ccc(C)c(CC(=O)Nc2c3c(nn2C)CCC3)c1. The van der Waals surface area contributed by atoms with Gasteiger partial charge in [0.05, 0.1) is 12.1 Å². The zero-order valence-corrected chi connectivity index (χ0v) is 12.9. The molecule has 1 heterocycles. The predicted octanol–water partition coefficient (Wildman–Crippen LogP) is 2.71. The first-order valence-electron chi connectivity index (χ1n) is 7.45. The van der Waals surface area contributed by atoms with E-state index in [1.807, 2.05) is 14.0 Å². The topological polar surface area (TPSA) is 46.9 Å². The Balaban J connectivity index is 1.77. The van der Waals surface area contributed by atoms with Crippen LogP contribution in [-0.2, 0) is 31.1 Å². The molecular weight excluding hydrogens is 262 g/mol. The minimum atomic E-state index is 0.0291. The van der Waals surface area contributed by atoms with Gasteiger partial charge < -0.3 is 5.32 Å². The molecule has 3 rings (SSSR count). The summed E-state index contributed by atoms with van der Waals surface area (Å²) in [5.41, 5.74) is 5.79. The van der Waals surface area contributed by atoms with Crippen molar-refractivity contribution in [3.8, 4) is 0 Å². The Hall–Kier alpha value is -2.10. The quantitative estimate of drug-likeness (QED) is 0.941. The standard InChI is InChI=1S/C17H21N3O/c1-11-7-8-12(2)13(9-11)10-16(21)18-17-14-5-4-6-15(14)19-20(17)3/h7-9H,4-6,10H2,1-3H3,(H,18,21). The molecule has 4 nitrogen and oxygen atoms in total. The molecule has 2 aromatic rings. The lowest BCUT2D eigenvalue weighted by Gasteiger charge is -2.10. The number of hydrogen-bond donors (Lipinski definition) is 1. The van der Waals surface area contributed by atoms with E-state index < -0.39 is 0 Å². The highest BCUT2D eigenvalue weighted by Gasteiger charge is 2.22. The summed E-state index contributed by atoms with van der Waals surface area (Å²) in [4.78, 5) is 12.3. The molecule has 0 radical (unpaired) electrons. The van der Waals surface area contributed by atoms with Crippen molar-refractivity contribution in [1.29, 1.82) is 0 Å². The highest BCUT2D eigenvalue weighted by molar-refractivity contribution is 5.92. The van der Waals surface area contributed by atoms with E-state index in [4.69, 9.17) is 0 Å². The van der Waals surface area contributed by atoms with Gasteiger partial charge in [0, 0.05) is 12.6 Å². The van der Waals surface area contributed by atoms with Crippen molar-refractivity contribution in [2.45, 2.75) is 39.5 Å². The molecule has 1 aromatic heterocycles. The highest BCUT2D eigenvalue weighted by Crippen LogP contribution is 2.28. The van der Waals surface area contributed by atoms with Gasteiger partial charge in [-0.1, -0.05) is 23.8 Å². The summed E-state index contributed by atoms with van der Waals surface area (Å²) in [6.45, 7) is 4.10. The van der Waals surface area contributed by atoms with Gasteiger partial charge in [-0.3, -0.25) is 9.48 Å². The minimum Gasteiger partial charge on any atom is -0.310 e. The summed E-state index contributed by atoms with van der Waals surface area (Å²) >= 11 is 0. The van der Waals surface area contributed by atoms with E-state index in [2.05, 4.69) is 35.5 Å². The number of amides is 1.